The molecule has 3 N–H and O–H groups in total. The zero-order valence-electron chi connectivity index (χ0n) is 10.8. The number of carboxylic acids is 1. The Morgan fingerprint density at radius 2 is 2.05 bits per heavy atom. The van der Waals surface area contributed by atoms with Crippen LogP contribution < -0.4 is 10.7 Å². The first-order valence-corrected chi connectivity index (χ1v) is 6.20. The maximum Gasteiger partial charge on any atom is 0.322 e. The number of aromatic amines is 1. The fraction of sp³-hybridized carbons (Fsp3) is 0.0714. The van der Waals surface area contributed by atoms with Gasteiger partial charge in [-0.1, -0.05) is 12.1 Å². The van der Waals surface area contributed by atoms with Gasteiger partial charge in [0.2, 0.25) is 5.43 Å². The van der Waals surface area contributed by atoms with Gasteiger partial charge in [-0.3, -0.25) is 14.4 Å². The van der Waals surface area contributed by atoms with Crippen molar-refractivity contribution in [3.63, 3.8) is 0 Å². The van der Waals surface area contributed by atoms with E-state index in [9.17, 15) is 14.4 Å². The summed E-state index contributed by atoms with van der Waals surface area (Å²) in [6, 6.07) is 6.91. The van der Waals surface area contributed by atoms with Gasteiger partial charge in [0.05, 0.1) is 5.52 Å². The molecule has 3 rings (SSSR count). The fourth-order valence-corrected chi connectivity index (χ4v) is 2.30. The maximum atomic E-state index is 12.5. The van der Waals surface area contributed by atoms with E-state index in [0.717, 1.165) is 0 Å². The Bertz CT molecular complexity index is 923. The number of imidazole rings is 1. The van der Waals surface area contributed by atoms with Crippen LogP contribution in [0.15, 0.2) is 41.5 Å². The molecule has 1 amide bonds. The quantitative estimate of drug-likeness (QED) is 0.655. The summed E-state index contributed by atoms with van der Waals surface area (Å²) in [6.45, 7) is -0.544. The van der Waals surface area contributed by atoms with E-state index in [1.54, 1.807) is 41.1 Å². The molecule has 0 bridgehead atoms. The van der Waals surface area contributed by atoms with Crippen molar-refractivity contribution in [2.45, 2.75) is 0 Å². The number of benzene rings is 1. The molecule has 0 atom stereocenters. The van der Waals surface area contributed by atoms with Gasteiger partial charge in [-0.25, -0.2) is 0 Å². The molecule has 0 saturated carbocycles. The second-order valence-electron chi connectivity index (χ2n) is 4.48. The molecule has 2 heterocycles. The summed E-state index contributed by atoms with van der Waals surface area (Å²) >= 11 is 0. The lowest BCUT2D eigenvalue weighted by Crippen LogP contribution is -2.33. The monoisotopic (exact) mass is 285 g/mol. The number of fused-ring (bicyclic) bond motifs is 3. The predicted molar refractivity (Wildman–Crippen MR) is 75.5 cm³/mol. The van der Waals surface area contributed by atoms with Gasteiger partial charge in [0.15, 0.2) is 0 Å². The van der Waals surface area contributed by atoms with Gasteiger partial charge in [0.1, 0.15) is 17.8 Å². The minimum absolute atomic E-state index is 0.0973. The van der Waals surface area contributed by atoms with E-state index in [4.69, 9.17) is 5.11 Å². The minimum Gasteiger partial charge on any atom is -0.480 e. The molecule has 0 spiro atoms. The standard InChI is InChI=1S/C14H11N3O4/c18-10(19)7-16-14(21)11-12(20)8-3-1-2-4-9(8)17-6-5-15-13(11)17/h1-6,15H,7H2,(H,16,21)(H,18,19). The Morgan fingerprint density at radius 1 is 1.29 bits per heavy atom. The van der Waals surface area contributed by atoms with Crippen LogP contribution in [0, 0.1) is 0 Å². The Kier molecular flexibility index (Phi) is 2.94. The summed E-state index contributed by atoms with van der Waals surface area (Å²) < 4.78 is 1.69. The number of rotatable bonds is 3. The van der Waals surface area contributed by atoms with Gasteiger partial charge in [0, 0.05) is 17.8 Å². The van der Waals surface area contributed by atoms with Crippen molar-refractivity contribution < 1.29 is 14.7 Å². The van der Waals surface area contributed by atoms with E-state index >= 15 is 0 Å². The summed E-state index contributed by atoms with van der Waals surface area (Å²) in [6.07, 6.45) is 3.31. The molecule has 106 valence electrons. The van der Waals surface area contributed by atoms with Crippen molar-refractivity contribution in [2.24, 2.45) is 0 Å². The lowest BCUT2D eigenvalue weighted by molar-refractivity contribution is -0.135. The number of para-hydroxylation sites is 1. The lowest BCUT2D eigenvalue weighted by Gasteiger charge is -2.07. The first kappa shape index (κ1) is 12.9. The van der Waals surface area contributed by atoms with Crippen LogP contribution in [-0.2, 0) is 4.79 Å². The molecule has 21 heavy (non-hydrogen) atoms. The third-order valence-corrected chi connectivity index (χ3v) is 3.18. The number of pyridine rings is 1. The van der Waals surface area contributed by atoms with E-state index in [1.165, 1.54) is 0 Å². The highest BCUT2D eigenvalue weighted by Gasteiger charge is 2.19. The molecule has 0 unspecified atom stereocenters. The van der Waals surface area contributed by atoms with Gasteiger partial charge in [-0.2, -0.15) is 0 Å². The number of carbonyl (C=O) groups excluding carboxylic acids is 1. The topological polar surface area (TPSA) is 104 Å². The Morgan fingerprint density at radius 3 is 2.81 bits per heavy atom. The molecule has 7 heteroatoms. The summed E-state index contributed by atoms with van der Waals surface area (Å²) in [7, 11) is 0. The summed E-state index contributed by atoms with van der Waals surface area (Å²) in [5.41, 5.74) is 0.478. The highest BCUT2D eigenvalue weighted by molar-refractivity contribution is 6.04. The van der Waals surface area contributed by atoms with E-state index in [1.807, 2.05) is 0 Å². The van der Waals surface area contributed by atoms with E-state index < -0.39 is 23.9 Å². The van der Waals surface area contributed by atoms with Crippen molar-refractivity contribution in [1.29, 1.82) is 0 Å². The molecule has 3 aromatic rings. The number of H-pyrrole nitrogens is 1. The minimum atomic E-state index is -1.17. The van der Waals surface area contributed by atoms with Crippen LogP contribution in [-0.4, -0.2) is 32.9 Å². The number of hydrogen-bond acceptors (Lipinski definition) is 3. The first-order chi connectivity index (χ1) is 10.1. The predicted octanol–water partition coefficient (Wildman–Crippen LogP) is 0.595. The van der Waals surface area contributed by atoms with Crippen LogP contribution in [0.3, 0.4) is 0 Å². The molecule has 0 aliphatic carbocycles. The summed E-state index contributed by atoms with van der Waals surface area (Å²) in [5.74, 6) is -1.89. The van der Waals surface area contributed by atoms with Crippen LogP contribution in [0.5, 0.6) is 0 Å². The van der Waals surface area contributed by atoms with Crippen molar-refractivity contribution in [3.05, 3.63) is 52.4 Å². The molecular weight excluding hydrogens is 274 g/mol. The Hall–Kier alpha value is -3.09. The smallest absolute Gasteiger partial charge is 0.322 e. The Balaban J connectivity index is 2.27. The third-order valence-electron chi connectivity index (χ3n) is 3.18. The molecule has 0 aliphatic rings. The summed E-state index contributed by atoms with van der Waals surface area (Å²) in [5, 5.41) is 11.2. The normalized spacial score (nSPS) is 10.9. The van der Waals surface area contributed by atoms with Gasteiger partial charge in [-0.05, 0) is 12.1 Å². The second-order valence-corrected chi connectivity index (χ2v) is 4.48. The van der Waals surface area contributed by atoms with Gasteiger partial charge >= 0.3 is 5.97 Å². The van der Waals surface area contributed by atoms with Crippen LogP contribution in [0.4, 0.5) is 0 Å². The highest BCUT2D eigenvalue weighted by Crippen LogP contribution is 2.15. The number of aromatic nitrogens is 2. The SMILES string of the molecule is O=C(O)CNC(=O)c1c(=O)c2ccccc2n2cc[nH]c12. The molecule has 0 radical (unpaired) electrons. The van der Waals surface area contributed by atoms with Crippen molar-refractivity contribution in [2.75, 3.05) is 6.54 Å². The number of carbonyl (C=O) groups is 2. The Labute approximate surface area is 117 Å². The third kappa shape index (κ3) is 2.04. The molecule has 2 aromatic heterocycles. The molecule has 0 saturated heterocycles. The van der Waals surface area contributed by atoms with Crippen molar-refractivity contribution >= 4 is 28.4 Å². The van der Waals surface area contributed by atoms with Crippen LogP contribution in [0.25, 0.3) is 16.6 Å². The fourth-order valence-electron chi connectivity index (χ4n) is 2.30. The number of amides is 1. The van der Waals surface area contributed by atoms with Gasteiger partial charge in [-0.15, -0.1) is 0 Å². The van der Waals surface area contributed by atoms with Crippen LogP contribution >= 0.6 is 0 Å². The molecule has 7 nitrogen and oxygen atoms in total. The average molecular weight is 285 g/mol. The number of carboxylic acid groups (broad SMARTS) is 1. The molecular formula is C14H11N3O4. The molecule has 0 fully saturated rings. The largest absolute Gasteiger partial charge is 0.480 e. The summed E-state index contributed by atoms with van der Waals surface area (Å²) in [4.78, 5) is 38.0. The van der Waals surface area contributed by atoms with E-state index in [-0.39, 0.29) is 5.56 Å². The van der Waals surface area contributed by atoms with Crippen LogP contribution in [0.1, 0.15) is 10.4 Å². The molecule has 0 aliphatic heterocycles. The molecule has 1 aromatic carbocycles. The van der Waals surface area contributed by atoms with E-state index in [2.05, 4.69) is 10.3 Å². The van der Waals surface area contributed by atoms with Crippen LogP contribution in [0.2, 0.25) is 0 Å². The number of aliphatic carboxylic acids is 1. The van der Waals surface area contributed by atoms with Crippen molar-refractivity contribution in [3.8, 4) is 0 Å². The average Bonchev–Trinajstić information content (AvgIpc) is 2.94. The zero-order valence-corrected chi connectivity index (χ0v) is 10.8. The number of nitrogens with one attached hydrogen (secondary N) is 2. The number of nitrogens with zero attached hydrogens (tertiary/aromatic N) is 1. The van der Waals surface area contributed by atoms with Gasteiger partial charge < -0.3 is 19.8 Å². The number of hydrogen-bond donors (Lipinski definition) is 3. The first-order valence-electron chi connectivity index (χ1n) is 6.20. The maximum absolute atomic E-state index is 12.5. The van der Waals surface area contributed by atoms with Gasteiger partial charge in [0.25, 0.3) is 5.91 Å². The van der Waals surface area contributed by atoms with Crippen molar-refractivity contribution in [1.82, 2.24) is 14.7 Å². The highest BCUT2D eigenvalue weighted by atomic mass is 16.4. The lowest BCUT2D eigenvalue weighted by atomic mass is 10.1. The zero-order chi connectivity index (χ0) is 15.0. The second kappa shape index (κ2) is 4.78. The van der Waals surface area contributed by atoms with E-state index in [0.29, 0.717) is 16.6 Å².